The van der Waals surface area contributed by atoms with E-state index in [4.69, 9.17) is 33.2 Å². The van der Waals surface area contributed by atoms with Crippen molar-refractivity contribution in [2.45, 2.75) is 173 Å². The SMILES string of the molecule is CCOC(=O)C(CC(F)(F)[C@H]1O[C@H](CC)[C@H](C)[C@H](OCc2ccccc2)[C@H]1NC(C)=O)NC(=O)OCc1ccccc1.CC[C@H]1O[C@H](C(F)(F)CC(NC(=O)OCc2ccccc2)C(=O)O)[C@H](NC(C)=O)[C@@H](OCc2ccccc2)[C@H]1C.[Li+].[OH-]. The van der Waals surface area contributed by atoms with Crippen LogP contribution in [0.2, 0.25) is 0 Å². The molecule has 4 aromatic rings. The molecule has 4 amide bonds. The number of carbonyl (C=O) groups excluding carboxylic acids is 5. The fourth-order valence-electron chi connectivity index (χ4n) is 9.93. The van der Waals surface area contributed by atoms with Gasteiger partial charge in [-0.3, -0.25) is 9.59 Å². The van der Waals surface area contributed by atoms with E-state index in [2.05, 4.69) is 16.0 Å². The zero-order chi connectivity index (χ0) is 60.0. The molecule has 0 aliphatic carbocycles. The number of alkyl halides is 4. The number of ether oxygens (including phenoxy) is 7. The molecule has 2 saturated heterocycles. The van der Waals surface area contributed by atoms with Crippen LogP contribution in [0.5, 0.6) is 0 Å². The van der Waals surface area contributed by atoms with Gasteiger partial charge in [-0.2, -0.15) is 0 Å². The van der Waals surface area contributed by atoms with Crippen LogP contribution in [0.3, 0.4) is 0 Å². The molecule has 2 heterocycles. The van der Waals surface area contributed by atoms with E-state index in [9.17, 15) is 33.9 Å². The van der Waals surface area contributed by atoms with E-state index in [0.717, 1.165) is 11.1 Å². The molecule has 0 saturated carbocycles. The first kappa shape index (κ1) is 71.7. The molecular weight excluding hydrogens is 1100 g/mol. The van der Waals surface area contributed by atoms with Crippen molar-refractivity contribution in [3.8, 4) is 0 Å². The second kappa shape index (κ2) is 35.0. The Morgan fingerprint density at radius 1 is 0.536 bits per heavy atom. The number of amides is 4. The van der Waals surface area contributed by atoms with Crippen LogP contribution in [0.15, 0.2) is 121 Å². The number of halogens is 4. The minimum atomic E-state index is -3.79. The standard InChI is InChI=1S/C31H40F2N2O7.C29H36F2N2O7.Li.H2O/c1-5-25-20(3)27(40-18-22-13-9-7-10-14-22)26(34-21(4)36)28(42-25)31(32,33)17-24(29(37)39-6-2)35-30(38)41-19-23-15-11-8-12-16-23;1-4-23-18(2)25(38-16-20-11-7-5-8-12-20)24(32-19(3)34)26(40-23)29(30,31)15-22(27(35)36)33-28(37)39-17-21-13-9-6-10-14-21;;/h7-16,20,24-28H,5-6,17-19H2,1-4H3,(H,34,36)(H,35,38);5-14,18,22-26H,4,15-17H2,1-3H3,(H,32,34)(H,33,37)(H,35,36);;1H2/q;;+1;/p-1/t20-,24?,25+,26+,27-,28-;18-,22?,23+,24+,25-,26-;;/m00../s1. The van der Waals surface area contributed by atoms with Gasteiger partial charge in [0.25, 0.3) is 11.8 Å². The maximum Gasteiger partial charge on any atom is 1.00 e. The van der Waals surface area contributed by atoms with Gasteiger partial charge in [-0.15, -0.1) is 0 Å². The number of hydrogen-bond donors (Lipinski definition) is 5. The molecule has 0 radical (unpaired) electrons. The number of hydrogen-bond acceptors (Lipinski definition) is 14. The van der Waals surface area contributed by atoms with E-state index in [1.54, 1.807) is 74.5 Å². The maximum atomic E-state index is 16.2. The van der Waals surface area contributed by atoms with E-state index in [-0.39, 0.29) is 69.2 Å². The van der Waals surface area contributed by atoms with Gasteiger partial charge in [0.15, 0.2) is 0 Å². The Bertz CT molecular complexity index is 2640. The summed E-state index contributed by atoms with van der Waals surface area (Å²) < 4.78 is 103. The molecular formula is C60H77F4LiN4O15. The summed E-state index contributed by atoms with van der Waals surface area (Å²) in [5, 5.41) is 19.0. The minimum Gasteiger partial charge on any atom is -0.870 e. The second-order valence-electron chi connectivity index (χ2n) is 20.2. The number of carboxylic acids is 1. The number of carboxylic acid groups (broad SMARTS) is 1. The van der Waals surface area contributed by atoms with E-state index < -0.39 is 121 Å². The number of benzene rings is 4. The second-order valence-corrected chi connectivity index (χ2v) is 20.2. The predicted molar refractivity (Wildman–Crippen MR) is 294 cm³/mol. The molecule has 0 aromatic heterocycles. The molecule has 6 rings (SSSR count). The Morgan fingerprint density at radius 2 is 0.857 bits per heavy atom. The van der Waals surface area contributed by atoms with Gasteiger partial charge < -0.3 is 65.0 Å². The molecule has 19 nitrogen and oxygen atoms in total. The van der Waals surface area contributed by atoms with Crippen LogP contribution < -0.4 is 40.1 Å². The topological polar surface area (TPSA) is 265 Å². The van der Waals surface area contributed by atoms with Crippen molar-refractivity contribution in [2.75, 3.05) is 6.61 Å². The first-order valence-corrected chi connectivity index (χ1v) is 27.3. The molecule has 2 fully saturated rings. The average molecular weight is 1180 g/mol. The van der Waals surface area contributed by atoms with Crippen LogP contribution in [0, 0.1) is 11.8 Å². The Labute approximate surface area is 499 Å². The summed E-state index contributed by atoms with van der Waals surface area (Å²) in [6, 6.07) is 29.6. The number of esters is 1. The van der Waals surface area contributed by atoms with E-state index >= 15 is 17.6 Å². The molecule has 24 heteroatoms. The van der Waals surface area contributed by atoms with Crippen LogP contribution in [0.25, 0.3) is 0 Å². The van der Waals surface area contributed by atoms with Crippen molar-refractivity contribution in [1.29, 1.82) is 0 Å². The number of nitrogens with one attached hydrogen (secondary N) is 4. The van der Waals surface area contributed by atoms with Gasteiger partial charge in [-0.1, -0.05) is 149 Å². The molecule has 2 aliphatic heterocycles. The Balaban J connectivity index is 0.000000430. The Morgan fingerprint density at radius 3 is 1.17 bits per heavy atom. The van der Waals surface area contributed by atoms with Crippen molar-refractivity contribution in [2.24, 2.45) is 11.8 Å². The van der Waals surface area contributed by atoms with Gasteiger partial charge in [-0.05, 0) is 42.0 Å². The summed E-state index contributed by atoms with van der Waals surface area (Å²) in [5.74, 6) is -12.0. The fraction of sp³-hybridized carbons (Fsp3) is 0.500. The van der Waals surface area contributed by atoms with Crippen molar-refractivity contribution in [1.82, 2.24) is 21.3 Å². The number of alkyl carbamates (subject to hydrolysis) is 2. The number of carbonyl (C=O) groups is 6. The zero-order valence-electron chi connectivity index (χ0n) is 48.6. The molecule has 2 aliphatic rings. The molecule has 0 spiro atoms. The third-order valence-corrected chi connectivity index (χ3v) is 14.0. The Hall–Kier alpha value is -6.58. The van der Waals surface area contributed by atoms with Crippen LogP contribution in [0.4, 0.5) is 27.2 Å². The first-order chi connectivity index (χ1) is 39.1. The van der Waals surface area contributed by atoms with Crippen LogP contribution in [0.1, 0.15) is 96.4 Å². The summed E-state index contributed by atoms with van der Waals surface area (Å²) in [4.78, 5) is 73.7. The van der Waals surface area contributed by atoms with Gasteiger partial charge in [0.2, 0.25) is 11.8 Å². The summed E-state index contributed by atoms with van der Waals surface area (Å²) in [7, 11) is 0. The number of aliphatic carboxylic acids is 1. The molecule has 12 atom stereocenters. The van der Waals surface area contributed by atoms with Crippen molar-refractivity contribution in [3.05, 3.63) is 144 Å². The van der Waals surface area contributed by atoms with E-state index in [1.165, 1.54) is 20.8 Å². The molecule has 6 N–H and O–H groups in total. The predicted octanol–water partition coefficient (Wildman–Crippen LogP) is 5.90. The third kappa shape index (κ3) is 21.8. The molecule has 4 aromatic carbocycles. The van der Waals surface area contributed by atoms with E-state index in [1.807, 2.05) is 79.8 Å². The average Bonchev–Trinajstić information content (AvgIpc) is 1.98. The summed E-state index contributed by atoms with van der Waals surface area (Å²) in [6.07, 6.45) is -10.6. The molecule has 84 heavy (non-hydrogen) atoms. The third-order valence-electron chi connectivity index (χ3n) is 14.0. The van der Waals surface area contributed by atoms with Crippen LogP contribution >= 0.6 is 0 Å². The van der Waals surface area contributed by atoms with Gasteiger partial charge in [0.1, 0.15) is 37.5 Å². The van der Waals surface area contributed by atoms with E-state index in [0.29, 0.717) is 24.0 Å². The molecule has 456 valence electrons. The molecule has 0 bridgehead atoms. The van der Waals surface area contributed by atoms with Crippen LogP contribution in [-0.2, 0) is 78.8 Å². The first-order valence-electron chi connectivity index (χ1n) is 27.3. The summed E-state index contributed by atoms with van der Waals surface area (Å²) >= 11 is 0. The summed E-state index contributed by atoms with van der Waals surface area (Å²) in [5.41, 5.74) is 2.99. The maximum absolute atomic E-state index is 16.2. The van der Waals surface area contributed by atoms with Gasteiger partial charge in [-0.25, -0.2) is 36.7 Å². The Kier molecular flexibility index (Phi) is 29.9. The number of rotatable bonds is 25. The smallest absolute Gasteiger partial charge is 0.870 e. The van der Waals surface area contributed by atoms with Gasteiger partial charge in [0.05, 0.1) is 56.3 Å². The van der Waals surface area contributed by atoms with Crippen LogP contribution in [-0.4, -0.2) is 126 Å². The normalized spacial score (nSPS) is 22.7. The monoisotopic (exact) mass is 1180 g/mol. The van der Waals surface area contributed by atoms with Crippen molar-refractivity contribution >= 4 is 35.9 Å². The zero-order valence-corrected chi connectivity index (χ0v) is 48.6. The largest absolute Gasteiger partial charge is 1.00 e. The van der Waals surface area contributed by atoms with Crippen molar-refractivity contribution in [3.63, 3.8) is 0 Å². The quantitative estimate of drug-likeness (QED) is 0.0224. The molecule has 2 unspecified atom stereocenters. The van der Waals surface area contributed by atoms with Gasteiger partial charge in [0, 0.05) is 38.5 Å². The minimum absolute atomic E-state index is 0. The van der Waals surface area contributed by atoms with Gasteiger partial charge >= 0.3 is 43.0 Å². The van der Waals surface area contributed by atoms with Crippen molar-refractivity contribution < 1.29 is 109 Å². The fourth-order valence-corrected chi connectivity index (χ4v) is 9.93. The summed E-state index contributed by atoms with van der Waals surface area (Å²) in [6.45, 7) is 11.1.